The van der Waals surface area contributed by atoms with Crippen LogP contribution in [-0.4, -0.2) is 31.7 Å². The van der Waals surface area contributed by atoms with Crippen molar-refractivity contribution in [2.24, 2.45) is 0 Å². The molecule has 0 amide bonds. The van der Waals surface area contributed by atoms with E-state index in [1.54, 1.807) is 19.2 Å². The highest BCUT2D eigenvalue weighted by molar-refractivity contribution is 7.92. The molecule has 0 saturated carbocycles. The first-order valence-corrected chi connectivity index (χ1v) is 7.65. The number of aromatic nitrogens is 1. The van der Waals surface area contributed by atoms with Gasteiger partial charge in [-0.3, -0.25) is 9.52 Å². The molecule has 1 rings (SSSR count). The number of thiazole rings is 1. The SMILES string of the molecule is CC(C)OC(=O)Cc1csc(NS(C)(=O)=O)n1. The summed E-state index contributed by atoms with van der Waals surface area (Å²) in [4.78, 5) is 15.3. The summed E-state index contributed by atoms with van der Waals surface area (Å²) < 4.78 is 29.1. The van der Waals surface area contributed by atoms with Crippen molar-refractivity contribution < 1.29 is 17.9 Å². The largest absolute Gasteiger partial charge is 0.463 e. The minimum atomic E-state index is -3.33. The van der Waals surface area contributed by atoms with Crippen LogP contribution in [0.5, 0.6) is 0 Å². The number of sulfonamides is 1. The van der Waals surface area contributed by atoms with Gasteiger partial charge in [-0.1, -0.05) is 0 Å². The molecular weight excluding hydrogens is 264 g/mol. The van der Waals surface area contributed by atoms with E-state index in [0.717, 1.165) is 17.6 Å². The van der Waals surface area contributed by atoms with Crippen LogP contribution in [0.2, 0.25) is 0 Å². The second-order valence-electron chi connectivity index (χ2n) is 3.73. The van der Waals surface area contributed by atoms with E-state index in [9.17, 15) is 13.2 Å². The minimum absolute atomic E-state index is 0.0418. The van der Waals surface area contributed by atoms with E-state index < -0.39 is 10.0 Å². The van der Waals surface area contributed by atoms with Crippen molar-refractivity contribution in [1.29, 1.82) is 0 Å². The molecule has 0 saturated heterocycles. The molecule has 1 heterocycles. The highest BCUT2D eigenvalue weighted by Crippen LogP contribution is 2.17. The monoisotopic (exact) mass is 278 g/mol. The smallest absolute Gasteiger partial charge is 0.312 e. The van der Waals surface area contributed by atoms with Gasteiger partial charge < -0.3 is 4.74 Å². The van der Waals surface area contributed by atoms with E-state index in [0.29, 0.717) is 5.69 Å². The zero-order valence-electron chi connectivity index (χ0n) is 9.76. The van der Waals surface area contributed by atoms with E-state index in [1.165, 1.54) is 0 Å². The molecular formula is C9H14N2O4S2. The molecule has 6 nitrogen and oxygen atoms in total. The van der Waals surface area contributed by atoms with E-state index in [1.807, 2.05) is 0 Å². The zero-order valence-corrected chi connectivity index (χ0v) is 11.4. The lowest BCUT2D eigenvalue weighted by Crippen LogP contribution is -2.14. The van der Waals surface area contributed by atoms with Crippen LogP contribution in [0, 0.1) is 0 Å². The first kappa shape index (κ1) is 13.9. The Balaban J connectivity index is 2.60. The molecule has 0 aromatic carbocycles. The summed E-state index contributed by atoms with van der Waals surface area (Å²) in [6.45, 7) is 3.52. The van der Waals surface area contributed by atoms with Gasteiger partial charge in [-0.25, -0.2) is 13.4 Å². The van der Waals surface area contributed by atoms with Crippen molar-refractivity contribution in [3.8, 4) is 0 Å². The van der Waals surface area contributed by atoms with E-state index in [4.69, 9.17) is 4.74 Å². The fraction of sp³-hybridized carbons (Fsp3) is 0.556. The normalized spacial score (nSPS) is 11.5. The van der Waals surface area contributed by atoms with Crippen LogP contribution in [0.4, 0.5) is 5.13 Å². The first-order chi connectivity index (χ1) is 7.76. The Morgan fingerprint density at radius 1 is 1.59 bits per heavy atom. The van der Waals surface area contributed by atoms with Crippen molar-refractivity contribution in [3.63, 3.8) is 0 Å². The minimum Gasteiger partial charge on any atom is -0.463 e. The van der Waals surface area contributed by atoms with Crippen LogP contribution < -0.4 is 4.72 Å². The lowest BCUT2D eigenvalue weighted by Gasteiger charge is -2.05. The lowest BCUT2D eigenvalue weighted by molar-refractivity contribution is -0.146. The maximum absolute atomic E-state index is 11.3. The Hall–Kier alpha value is -1.15. The predicted octanol–water partition coefficient (Wildman–Crippen LogP) is 1.01. The van der Waals surface area contributed by atoms with E-state index in [2.05, 4.69) is 9.71 Å². The highest BCUT2D eigenvalue weighted by atomic mass is 32.2. The Bertz CT molecular complexity index is 493. The van der Waals surface area contributed by atoms with Gasteiger partial charge >= 0.3 is 5.97 Å². The number of hydrogen-bond acceptors (Lipinski definition) is 6. The summed E-state index contributed by atoms with van der Waals surface area (Å²) in [6.07, 6.45) is 0.913. The third-order valence-corrected chi connectivity index (χ3v) is 3.02. The van der Waals surface area contributed by atoms with Crippen LogP contribution in [-0.2, 0) is 26.0 Å². The topological polar surface area (TPSA) is 85.4 Å². The van der Waals surface area contributed by atoms with Gasteiger partial charge in [0.25, 0.3) is 0 Å². The van der Waals surface area contributed by atoms with Crippen molar-refractivity contribution in [1.82, 2.24) is 4.98 Å². The van der Waals surface area contributed by atoms with Gasteiger partial charge in [0.05, 0.1) is 24.5 Å². The molecule has 1 aromatic heterocycles. The van der Waals surface area contributed by atoms with Gasteiger partial charge in [0.2, 0.25) is 10.0 Å². The van der Waals surface area contributed by atoms with Gasteiger partial charge in [0.15, 0.2) is 5.13 Å². The van der Waals surface area contributed by atoms with Crippen LogP contribution >= 0.6 is 11.3 Å². The molecule has 0 radical (unpaired) electrons. The molecule has 96 valence electrons. The molecule has 17 heavy (non-hydrogen) atoms. The molecule has 8 heteroatoms. The van der Waals surface area contributed by atoms with Crippen LogP contribution in [0.1, 0.15) is 19.5 Å². The maximum Gasteiger partial charge on any atom is 0.312 e. The highest BCUT2D eigenvalue weighted by Gasteiger charge is 2.11. The summed E-state index contributed by atoms with van der Waals surface area (Å²) >= 11 is 1.13. The Labute approximate surface area is 104 Å². The fourth-order valence-corrected chi connectivity index (χ4v) is 2.61. The van der Waals surface area contributed by atoms with Crippen molar-refractivity contribution >= 4 is 32.5 Å². The molecule has 0 atom stereocenters. The van der Waals surface area contributed by atoms with Gasteiger partial charge in [-0.2, -0.15) is 0 Å². The quantitative estimate of drug-likeness (QED) is 0.812. The van der Waals surface area contributed by atoms with Gasteiger partial charge in [-0.15, -0.1) is 11.3 Å². The average molecular weight is 278 g/mol. The number of nitrogens with zero attached hydrogens (tertiary/aromatic N) is 1. The summed E-state index contributed by atoms with van der Waals surface area (Å²) in [7, 11) is -3.33. The van der Waals surface area contributed by atoms with Gasteiger partial charge in [-0.05, 0) is 13.8 Å². The second kappa shape index (κ2) is 5.46. The number of anilines is 1. The number of ether oxygens (including phenoxy) is 1. The third-order valence-electron chi connectivity index (χ3n) is 1.52. The average Bonchev–Trinajstić information content (AvgIpc) is 2.46. The molecule has 0 aliphatic carbocycles. The molecule has 0 unspecified atom stereocenters. The second-order valence-corrected chi connectivity index (χ2v) is 6.34. The van der Waals surface area contributed by atoms with E-state index >= 15 is 0 Å². The molecule has 1 aromatic rings. The molecule has 1 N–H and O–H groups in total. The van der Waals surface area contributed by atoms with Crippen molar-refractivity contribution in [3.05, 3.63) is 11.1 Å². The summed E-state index contributed by atoms with van der Waals surface area (Å²) in [5.41, 5.74) is 0.492. The summed E-state index contributed by atoms with van der Waals surface area (Å²) in [5, 5.41) is 1.87. The number of rotatable bonds is 5. The van der Waals surface area contributed by atoms with E-state index in [-0.39, 0.29) is 23.6 Å². The zero-order chi connectivity index (χ0) is 13.1. The van der Waals surface area contributed by atoms with Crippen molar-refractivity contribution in [2.45, 2.75) is 26.4 Å². The standard InChI is InChI=1S/C9H14N2O4S2/c1-6(2)15-8(12)4-7-5-16-9(10-7)11-17(3,13)14/h5-6H,4H2,1-3H3,(H,10,11). The van der Waals surface area contributed by atoms with Gasteiger partial charge in [0.1, 0.15) is 0 Å². The molecule has 0 spiro atoms. The number of carbonyl (C=O) groups excluding carboxylic acids is 1. The van der Waals surface area contributed by atoms with Crippen LogP contribution in [0.25, 0.3) is 0 Å². The first-order valence-electron chi connectivity index (χ1n) is 4.88. The van der Waals surface area contributed by atoms with Crippen molar-refractivity contribution in [2.75, 3.05) is 11.0 Å². The molecule has 0 fully saturated rings. The molecule has 0 bridgehead atoms. The Kier molecular flexibility index (Phi) is 4.47. The molecule has 0 aliphatic rings. The number of carbonyl (C=O) groups is 1. The number of esters is 1. The molecule has 0 aliphatic heterocycles. The Morgan fingerprint density at radius 2 is 2.24 bits per heavy atom. The maximum atomic E-state index is 11.3. The van der Waals surface area contributed by atoms with Gasteiger partial charge in [0, 0.05) is 5.38 Å². The fourth-order valence-electron chi connectivity index (χ4n) is 1.05. The number of hydrogen-bond donors (Lipinski definition) is 1. The van der Waals surface area contributed by atoms with Crippen LogP contribution in [0.3, 0.4) is 0 Å². The summed E-state index contributed by atoms with van der Waals surface area (Å²) in [5.74, 6) is -0.379. The third kappa shape index (κ3) is 5.64. The number of nitrogens with one attached hydrogen (secondary N) is 1. The Morgan fingerprint density at radius 3 is 2.76 bits per heavy atom. The predicted molar refractivity (Wildman–Crippen MR) is 65.5 cm³/mol. The van der Waals surface area contributed by atoms with Crippen LogP contribution in [0.15, 0.2) is 5.38 Å². The lowest BCUT2D eigenvalue weighted by atomic mass is 10.3. The summed E-state index contributed by atoms with van der Waals surface area (Å²) in [6, 6.07) is 0.